The largest absolute Gasteiger partial charge is 0.454 e. The Hall–Kier alpha value is -1.55. The number of fused-ring (bicyclic) bond motifs is 1. The number of cyclic esters (lactones) is 1. The molecule has 0 saturated heterocycles. The summed E-state index contributed by atoms with van der Waals surface area (Å²) >= 11 is 5.74. The zero-order valence-corrected chi connectivity index (χ0v) is 7.80. The van der Waals surface area contributed by atoms with Crippen molar-refractivity contribution in [2.45, 2.75) is 6.61 Å². The fourth-order valence-corrected chi connectivity index (χ4v) is 1.35. The van der Waals surface area contributed by atoms with Gasteiger partial charge in [-0.25, -0.2) is 4.79 Å². The molecule has 5 heteroatoms. The van der Waals surface area contributed by atoms with E-state index in [1.807, 2.05) is 0 Å². The molecule has 72 valence electrons. The van der Waals surface area contributed by atoms with Crippen molar-refractivity contribution >= 4 is 29.2 Å². The average molecular weight is 212 g/mol. The van der Waals surface area contributed by atoms with Gasteiger partial charge >= 0.3 is 11.9 Å². The maximum atomic E-state index is 11.1. The molecule has 0 unspecified atom stereocenters. The van der Waals surface area contributed by atoms with Crippen molar-refractivity contribution in [3.05, 3.63) is 28.8 Å². The molecule has 0 saturated carbocycles. The molecule has 0 aliphatic carbocycles. The highest BCUT2D eigenvalue weighted by Crippen LogP contribution is 2.23. The first kappa shape index (κ1) is 9.02. The number of esters is 1. The number of nitrogens with one attached hydrogen (secondary N) is 1. The molecule has 1 aliphatic rings. The molecule has 4 nitrogen and oxygen atoms in total. The lowest BCUT2D eigenvalue weighted by molar-refractivity contribution is -0.153. The molecule has 2 rings (SSSR count). The van der Waals surface area contributed by atoms with Crippen LogP contribution in [-0.2, 0) is 20.9 Å². The number of hydrogen-bond acceptors (Lipinski definition) is 3. The molecular formula is C9H6ClNO3. The highest BCUT2D eigenvalue weighted by molar-refractivity contribution is 6.38. The first-order valence-corrected chi connectivity index (χ1v) is 4.31. The highest BCUT2D eigenvalue weighted by Gasteiger charge is 2.21. The Morgan fingerprint density at radius 2 is 2.14 bits per heavy atom. The Balaban J connectivity index is 2.43. The van der Waals surface area contributed by atoms with Gasteiger partial charge in [-0.2, -0.15) is 0 Å². The van der Waals surface area contributed by atoms with E-state index in [9.17, 15) is 9.59 Å². The predicted molar refractivity (Wildman–Crippen MR) is 49.9 cm³/mol. The molecule has 0 atom stereocenters. The molecule has 0 bridgehead atoms. The Kier molecular flexibility index (Phi) is 2.13. The van der Waals surface area contributed by atoms with Crippen LogP contribution < -0.4 is 5.32 Å². The van der Waals surface area contributed by atoms with E-state index in [-0.39, 0.29) is 6.61 Å². The van der Waals surface area contributed by atoms with Crippen LogP contribution in [0.15, 0.2) is 18.2 Å². The number of halogens is 1. The third-order valence-electron chi connectivity index (χ3n) is 1.86. The van der Waals surface area contributed by atoms with Gasteiger partial charge < -0.3 is 10.1 Å². The number of anilines is 1. The molecular weight excluding hydrogens is 206 g/mol. The van der Waals surface area contributed by atoms with Crippen LogP contribution in [0.3, 0.4) is 0 Å². The second kappa shape index (κ2) is 3.31. The van der Waals surface area contributed by atoms with Gasteiger partial charge in [0.25, 0.3) is 0 Å². The van der Waals surface area contributed by atoms with E-state index in [0.29, 0.717) is 10.7 Å². The number of carbonyl (C=O) groups is 2. The minimum Gasteiger partial charge on any atom is -0.454 e. The van der Waals surface area contributed by atoms with Crippen molar-refractivity contribution in [3.63, 3.8) is 0 Å². The topological polar surface area (TPSA) is 55.4 Å². The van der Waals surface area contributed by atoms with Crippen LogP contribution in [0.25, 0.3) is 0 Å². The molecule has 1 aliphatic heterocycles. The third-order valence-corrected chi connectivity index (χ3v) is 2.10. The van der Waals surface area contributed by atoms with Crippen molar-refractivity contribution < 1.29 is 14.3 Å². The predicted octanol–water partition coefficient (Wildman–Crippen LogP) is 1.34. The van der Waals surface area contributed by atoms with Crippen molar-refractivity contribution in [3.8, 4) is 0 Å². The first-order valence-electron chi connectivity index (χ1n) is 3.93. The van der Waals surface area contributed by atoms with Crippen molar-refractivity contribution in [2.75, 3.05) is 5.32 Å². The molecule has 1 heterocycles. The van der Waals surface area contributed by atoms with E-state index in [2.05, 4.69) is 10.1 Å². The summed E-state index contributed by atoms with van der Waals surface area (Å²) in [6, 6.07) is 4.96. The number of hydrogen-bond donors (Lipinski definition) is 1. The summed E-state index contributed by atoms with van der Waals surface area (Å²) in [5, 5.41) is 2.91. The Labute approximate surface area is 84.8 Å². The van der Waals surface area contributed by atoms with Gasteiger partial charge in [-0.15, -0.1) is 0 Å². The van der Waals surface area contributed by atoms with Gasteiger partial charge in [0.2, 0.25) is 0 Å². The zero-order chi connectivity index (χ0) is 10.1. The van der Waals surface area contributed by atoms with Gasteiger partial charge in [-0.1, -0.05) is 17.7 Å². The number of carbonyl (C=O) groups excluding carboxylic acids is 2. The average Bonchev–Trinajstić information content (AvgIpc) is 2.27. The highest BCUT2D eigenvalue weighted by atomic mass is 35.5. The summed E-state index contributed by atoms with van der Waals surface area (Å²) in [6.07, 6.45) is 0. The summed E-state index contributed by atoms with van der Waals surface area (Å²) in [4.78, 5) is 22.0. The van der Waals surface area contributed by atoms with E-state index in [0.717, 1.165) is 5.56 Å². The molecule has 1 aromatic carbocycles. The summed E-state index contributed by atoms with van der Waals surface area (Å²) in [7, 11) is 0. The SMILES string of the molecule is O=C1Nc2cc(Cl)ccc2COC1=O. The van der Waals surface area contributed by atoms with Crippen LogP contribution in [0.1, 0.15) is 5.56 Å². The quantitative estimate of drug-likeness (QED) is 0.520. The molecule has 1 aromatic rings. The van der Waals surface area contributed by atoms with Crippen molar-refractivity contribution in [1.29, 1.82) is 0 Å². The monoisotopic (exact) mass is 211 g/mol. The lowest BCUT2D eigenvalue weighted by Gasteiger charge is -2.03. The lowest BCUT2D eigenvalue weighted by atomic mass is 10.2. The summed E-state index contributed by atoms with van der Waals surface area (Å²) in [5.41, 5.74) is 1.25. The summed E-state index contributed by atoms with van der Waals surface area (Å²) < 4.78 is 4.69. The standard InChI is InChI=1S/C9H6ClNO3/c10-6-2-1-5-4-14-9(13)8(12)11-7(5)3-6/h1-3H,4H2,(H,11,12). The molecule has 1 N–H and O–H groups in total. The Bertz CT molecular complexity index is 417. The van der Waals surface area contributed by atoms with Crippen LogP contribution in [0, 0.1) is 0 Å². The van der Waals surface area contributed by atoms with Gasteiger partial charge in [0.15, 0.2) is 0 Å². The second-order valence-electron chi connectivity index (χ2n) is 2.83. The van der Waals surface area contributed by atoms with Crippen LogP contribution in [-0.4, -0.2) is 11.9 Å². The molecule has 0 radical (unpaired) electrons. The van der Waals surface area contributed by atoms with Gasteiger partial charge in [-0.05, 0) is 12.1 Å². The number of amides is 1. The van der Waals surface area contributed by atoms with E-state index in [1.165, 1.54) is 0 Å². The van der Waals surface area contributed by atoms with E-state index >= 15 is 0 Å². The molecule has 0 aromatic heterocycles. The molecule has 0 spiro atoms. The maximum Gasteiger partial charge on any atom is 0.397 e. The van der Waals surface area contributed by atoms with Crippen molar-refractivity contribution in [2.24, 2.45) is 0 Å². The van der Waals surface area contributed by atoms with Gasteiger partial charge in [0.1, 0.15) is 6.61 Å². The van der Waals surface area contributed by atoms with E-state index in [1.54, 1.807) is 18.2 Å². The van der Waals surface area contributed by atoms with Gasteiger partial charge in [0.05, 0.1) is 0 Å². The number of rotatable bonds is 0. The second-order valence-corrected chi connectivity index (χ2v) is 3.27. The Morgan fingerprint density at radius 3 is 2.93 bits per heavy atom. The fourth-order valence-electron chi connectivity index (χ4n) is 1.17. The molecule has 0 fully saturated rings. The van der Waals surface area contributed by atoms with E-state index in [4.69, 9.17) is 11.6 Å². The van der Waals surface area contributed by atoms with Gasteiger partial charge in [-0.3, -0.25) is 4.79 Å². The normalized spacial score (nSPS) is 15.2. The maximum absolute atomic E-state index is 11.1. The Morgan fingerprint density at radius 1 is 1.36 bits per heavy atom. The molecule has 1 amide bonds. The third kappa shape index (κ3) is 1.56. The summed E-state index contributed by atoms with van der Waals surface area (Å²) in [5.74, 6) is -1.65. The van der Waals surface area contributed by atoms with Crippen LogP contribution >= 0.6 is 11.6 Å². The number of benzene rings is 1. The van der Waals surface area contributed by atoms with Crippen molar-refractivity contribution in [1.82, 2.24) is 0 Å². The van der Waals surface area contributed by atoms with Crippen LogP contribution in [0.2, 0.25) is 5.02 Å². The van der Waals surface area contributed by atoms with Crippen LogP contribution in [0.4, 0.5) is 5.69 Å². The smallest absolute Gasteiger partial charge is 0.397 e. The number of ether oxygens (including phenoxy) is 1. The molecule has 14 heavy (non-hydrogen) atoms. The van der Waals surface area contributed by atoms with E-state index < -0.39 is 11.9 Å². The van der Waals surface area contributed by atoms with Gasteiger partial charge in [0, 0.05) is 16.3 Å². The fraction of sp³-hybridized carbons (Fsp3) is 0.111. The lowest BCUT2D eigenvalue weighted by Crippen LogP contribution is -2.21. The zero-order valence-electron chi connectivity index (χ0n) is 7.04. The minimum absolute atomic E-state index is 0.0874. The van der Waals surface area contributed by atoms with Crippen LogP contribution in [0.5, 0.6) is 0 Å². The summed E-state index contributed by atoms with van der Waals surface area (Å²) in [6.45, 7) is 0.0874. The first-order chi connectivity index (χ1) is 6.66. The minimum atomic E-state index is -0.877.